The third kappa shape index (κ3) is 12.3. The third-order valence-corrected chi connectivity index (χ3v) is 18.4. The Morgan fingerprint density at radius 1 is 0.621 bits per heavy atom. The molecule has 0 aliphatic carbocycles. The van der Waals surface area contributed by atoms with Gasteiger partial charge in [0.15, 0.2) is 0 Å². The highest BCUT2D eigenvalue weighted by molar-refractivity contribution is 9.10. The van der Waals surface area contributed by atoms with Gasteiger partial charge in [-0.2, -0.15) is 0 Å². The molecule has 4 fully saturated rings. The Labute approximate surface area is 517 Å². The Morgan fingerprint density at radius 2 is 1.09 bits per heavy atom. The molecule has 450 valence electrons. The molecule has 6 aromatic rings. The van der Waals surface area contributed by atoms with Gasteiger partial charge in [-0.3, -0.25) is 29.6 Å². The smallest absolute Gasteiger partial charge is 0.338 e. The molecule has 20 nitrogen and oxygen atoms in total. The number of anilines is 2. The van der Waals surface area contributed by atoms with Crippen LogP contribution in [0.15, 0.2) is 151 Å². The number of amides is 4. The van der Waals surface area contributed by atoms with Crippen molar-refractivity contribution in [3.63, 3.8) is 0 Å². The van der Waals surface area contributed by atoms with E-state index in [0.717, 1.165) is 21.9 Å². The Kier molecular flexibility index (Phi) is 17.7. The number of benzene rings is 4. The van der Waals surface area contributed by atoms with Gasteiger partial charge in [0.25, 0.3) is 0 Å². The quantitative estimate of drug-likeness (QED) is 0.0746. The van der Waals surface area contributed by atoms with Crippen molar-refractivity contribution in [2.45, 2.75) is 24.2 Å². The van der Waals surface area contributed by atoms with Gasteiger partial charge in [0.05, 0.1) is 69.7 Å². The fourth-order valence-corrected chi connectivity index (χ4v) is 13.6. The zero-order chi connectivity index (χ0) is 61.4. The number of thiophene rings is 2. The Bertz CT molecular complexity index is 3870. The Morgan fingerprint density at radius 3 is 1.51 bits per heavy atom. The second kappa shape index (κ2) is 25.5. The van der Waals surface area contributed by atoms with Crippen molar-refractivity contribution < 1.29 is 61.6 Å². The second-order valence-electron chi connectivity index (χ2n) is 20.8. The molecule has 4 atom stereocenters. The molecule has 12 rings (SSSR count). The highest BCUT2D eigenvalue weighted by atomic mass is 79.9. The van der Waals surface area contributed by atoms with Crippen LogP contribution in [0, 0.1) is 17.5 Å². The Balaban J connectivity index is 0.000000180. The van der Waals surface area contributed by atoms with Gasteiger partial charge in [0.2, 0.25) is 0 Å². The average molecular weight is 1310 g/mol. The van der Waals surface area contributed by atoms with E-state index in [-0.39, 0.29) is 65.3 Å². The van der Waals surface area contributed by atoms with Crippen molar-refractivity contribution in [2.75, 3.05) is 89.5 Å². The van der Waals surface area contributed by atoms with Crippen LogP contribution in [-0.4, -0.2) is 169 Å². The molecular weight excluding hydrogens is 1260 g/mol. The highest BCUT2D eigenvalue weighted by Crippen LogP contribution is 2.40. The fraction of sp³-hybridized carbons (Fsp3) is 0.267. The van der Waals surface area contributed by atoms with Crippen molar-refractivity contribution >= 4 is 109 Å². The second-order valence-corrected chi connectivity index (χ2v) is 24.0. The standard InChI is InChI=1S/C30H26BrF2N5O5S.C30H27ClFN5O5S/c1-43-29(41)25-22(34-27(24-3-2-10-44-24)35-26(25)19-6-5-17(32)12-20(19)31)15-36-8-9-37-18(13-36)14-38(30(37)42)23-7-4-16(28(39)40)11-21(23)33;1-42-29(40)25-22(33-27(24-7-4-12-43-24)34-26(25)19-5-2-3-6-20(19)31)16-35-10-11-36-18(14-35)15-37(30(36)41)23-9-8-17(28(38)39)13-21(23)32/h2-7,10-12,18,26H,8-9,13-15H2,1H3,(H,34,35)(H,39,40);2-9,12-13,18,26H,10-11,14-16H2,1H3,(H,33,34)(H,38,39)/t2*18-,26-/m00/s1. The molecule has 4 saturated heterocycles. The molecule has 0 saturated carbocycles. The summed E-state index contributed by atoms with van der Waals surface area (Å²) in [6.45, 7) is 3.75. The van der Waals surface area contributed by atoms with Crippen LogP contribution in [0.5, 0.6) is 0 Å². The van der Waals surface area contributed by atoms with Crippen molar-refractivity contribution in [3.8, 4) is 0 Å². The lowest BCUT2D eigenvalue weighted by Crippen LogP contribution is -2.53. The maximum Gasteiger partial charge on any atom is 0.338 e. The van der Waals surface area contributed by atoms with E-state index >= 15 is 0 Å². The number of aromatic carboxylic acids is 2. The van der Waals surface area contributed by atoms with Crippen molar-refractivity contribution in [1.82, 2.24) is 30.2 Å². The number of halogens is 5. The summed E-state index contributed by atoms with van der Waals surface area (Å²) in [5.74, 6) is -4.42. The molecule has 4 aromatic carbocycles. The number of hydrogen-bond donors (Lipinski definition) is 4. The first-order valence-electron chi connectivity index (χ1n) is 27.2. The van der Waals surface area contributed by atoms with Crippen LogP contribution in [0.4, 0.5) is 34.1 Å². The minimum atomic E-state index is -1.26. The first-order valence-corrected chi connectivity index (χ1v) is 30.1. The molecule has 4 N–H and O–H groups in total. The summed E-state index contributed by atoms with van der Waals surface area (Å²) < 4.78 is 54.6. The first-order chi connectivity index (χ1) is 41.9. The van der Waals surface area contributed by atoms with Crippen LogP contribution in [0.2, 0.25) is 5.02 Å². The molecule has 8 heterocycles. The normalized spacial score (nSPS) is 20.4. The molecule has 0 radical (unpaired) electrons. The van der Waals surface area contributed by atoms with Gasteiger partial charge < -0.3 is 40.1 Å². The van der Waals surface area contributed by atoms with Crippen molar-refractivity contribution in [2.24, 2.45) is 9.98 Å². The maximum absolute atomic E-state index is 14.9. The average Bonchev–Trinajstić information content (AvgIpc) is 2.70. The van der Waals surface area contributed by atoms with Gasteiger partial charge in [-0.15, -0.1) is 22.7 Å². The summed E-state index contributed by atoms with van der Waals surface area (Å²) >= 11 is 13.0. The van der Waals surface area contributed by atoms with Crippen LogP contribution < -0.4 is 20.4 Å². The van der Waals surface area contributed by atoms with Crippen LogP contribution in [0.3, 0.4) is 0 Å². The summed E-state index contributed by atoms with van der Waals surface area (Å²) in [4.78, 5) is 97.3. The summed E-state index contributed by atoms with van der Waals surface area (Å²) in [5, 5.41) is 29.4. The van der Waals surface area contributed by atoms with Crippen LogP contribution in [-0.2, 0) is 19.1 Å². The van der Waals surface area contributed by atoms with Gasteiger partial charge in [-0.1, -0.05) is 63.9 Å². The number of urea groups is 2. The number of aliphatic imine (C=N–C) groups is 2. The molecule has 0 bridgehead atoms. The monoisotopic (exact) mass is 1310 g/mol. The van der Waals surface area contributed by atoms with E-state index in [2.05, 4.69) is 36.4 Å². The molecule has 6 aliphatic heterocycles. The number of nitrogens with one attached hydrogen (secondary N) is 2. The predicted octanol–water partition coefficient (Wildman–Crippen LogP) is 9.02. The van der Waals surface area contributed by atoms with Crippen molar-refractivity contribution in [1.29, 1.82) is 0 Å². The number of amidine groups is 2. The lowest BCUT2D eigenvalue weighted by Gasteiger charge is -2.38. The number of carboxylic acids is 2. The number of rotatable bonds is 14. The SMILES string of the molecule is COC(=O)C1=C(CN2CCN3C(=O)N(c4ccc(C(=O)O)cc4F)C[C@@H]3C2)NC(c2cccs2)=N[C@H]1c1ccc(F)cc1Br.COC(=O)C1=C(CN2CCN3C(=O)N(c4ccc(C(=O)O)cc4F)C[C@@H]3C2)NC(c2cccs2)=N[C@H]1c1ccccc1Cl. The number of carbonyl (C=O) groups excluding carboxylic acids is 4. The third-order valence-electron chi connectivity index (χ3n) is 15.6. The molecule has 4 amide bonds. The van der Waals surface area contributed by atoms with Crippen LogP contribution in [0.1, 0.15) is 53.7 Å². The fourth-order valence-electron chi connectivity index (χ4n) is 11.5. The number of carboxylic acid groups (broad SMARTS) is 2. The topological polar surface area (TPSA) is 230 Å². The lowest BCUT2D eigenvalue weighted by atomic mass is 9.95. The van der Waals surface area contributed by atoms with E-state index in [1.807, 2.05) is 53.2 Å². The molecule has 6 aliphatic rings. The number of fused-ring (bicyclic) bond motifs is 2. The number of carbonyl (C=O) groups is 6. The molecule has 87 heavy (non-hydrogen) atoms. The Hall–Kier alpha value is -8.40. The number of ether oxygens (including phenoxy) is 2. The maximum atomic E-state index is 14.9. The van der Waals surface area contributed by atoms with E-state index in [9.17, 15) is 52.2 Å². The van der Waals surface area contributed by atoms with E-state index in [1.54, 1.807) is 21.9 Å². The summed E-state index contributed by atoms with van der Waals surface area (Å²) in [5.41, 5.74) is 2.78. The van der Waals surface area contributed by atoms with Gasteiger partial charge in [-0.25, -0.2) is 41.9 Å². The van der Waals surface area contributed by atoms with E-state index in [0.29, 0.717) is 102 Å². The lowest BCUT2D eigenvalue weighted by molar-refractivity contribution is -0.137. The highest BCUT2D eigenvalue weighted by Gasteiger charge is 2.45. The van der Waals surface area contributed by atoms with E-state index in [1.165, 1.54) is 83.1 Å². The minimum absolute atomic E-state index is 0.0232. The zero-order valence-electron chi connectivity index (χ0n) is 46.3. The van der Waals surface area contributed by atoms with Gasteiger partial charge in [0, 0.05) is 91.9 Å². The zero-order valence-corrected chi connectivity index (χ0v) is 50.3. The number of nitrogens with zero attached hydrogens (tertiary/aromatic N) is 8. The largest absolute Gasteiger partial charge is 0.478 e. The summed E-state index contributed by atoms with van der Waals surface area (Å²) in [7, 11) is 2.62. The first kappa shape index (κ1) is 60.3. The van der Waals surface area contributed by atoms with E-state index in [4.69, 9.17) is 31.1 Å². The van der Waals surface area contributed by atoms with Gasteiger partial charge in [0.1, 0.15) is 41.2 Å². The molecule has 0 spiro atoms. The number of esters is 2. The molecule has 2 aromatic heterocycles. The van der Waals surface area contributed by atoms with Crippen LogP contribution in [0.25, 0.3) is 0 Å². The van der Waals surface area contributed by atoms with Gasteiger partial charge in [-0.05, 0) is 83.1 Å². The molecule has 27 heteroatoms. The van der Waals surface area contributed by atoms with Crippen molar-refractivity contribution in [3.05, 3.63) is 195 Å². The van der Waals surface area contributed by atoms with E-state index < -0.39 is 53.4 Å². The van der Waals surface area contributed by atoms with Crippen LogP contribution >= 0.6 is 50.2 Å². The predicted molar refractivity (Wildman–Crippen MR) is 323 cm³/mol. The summed E-state index contributed by atoms with van der Waals surface area (Å²) in [6.07, 6.45) is 0. The minimum Gasteiger partial charge on any atom is -0.478 e. The molecular formula is C60H53BrClF3N10O10S2. The number of hydrogen-bond acceptors (Lipinski definition) is 16. The number of piperazine rings is 2. The van der Waals surface area contributed by atoms with Gasteiger partial charge >= 0.3 is 35.9 Å². The molecule has 0 unspecified atom stereocenters. The summed E-state index contributed by atoms with van der Waals surface area (Å²) in [6, 6.07) is 23.5. The number of methoxy groups -OCH3 is 2.